The van der Waals surface area contributed by atoms with Gasteiger partial charge in [0.05, 0.1) is 12.7 Å². The molecule has 3 aromatic rings. The molecule has 1 unspecified atom stereocenters. The SMILES string of the molecule is CCN(Cc1cnn(CC)c1)C(=O)NC(C)c1nc(-c2ccccn2)no1. The summed E-state index contributed by atoms with van der Waals surface area (Å²) in [5.41, 5.74) is 1.60. The molecular formula is C18H23N7O2. The van der Waals surface area contributed by atoms with E-state index in [-0.39, 0.29) is 6.03 Å². The third-order valence-electron chi connectivity index (χ3n) is 4.10. The van der Waals surface area contributed by atoms with Gasteiger partial charge in [-0.1, -0.05) is 11.2 Å². The van der Waals surface area contributed by atoms with Crippen molar-refractivity contribution in [2.45, 2.75) is 39.9 Å². The zero-order valence-corrected chi connectivity index (χ0v) is 15.7. The maximum absolute atomic E-state index is 12.6. The van der Waals surface area contributed by atoms with Crippen molar-refractivity contribution >= 4 is 6.03 Å². The van der Waals surface area contributed by atoms with Gasteiger partial charge in [-0.2, -0.15) is 10.1 Å². The number of hydrogen-bond acceptors (Lipinski definition) is 6. The zero-order valence-electron chi connectivity index (χ0n) is 15.7. The Bertz CT molecular complexity index is 875. The number of carbonyl (C=O) groups is 1. The smallest absolute Gasteiger partial charge is 0.318 e. The number of hydrogen-bond donors (Lipinski definition) is 1. The minimum absolute atomic E-state index is 0.202. The Morgan fingerprint density at radius 3 is 2.89 bits per heavy atom. The van der Waals surface area contributed by atoms with Crippen LogP contribution in [0.2, 0.25) is 0 Å². The van der Waals surface area contributed by atoms with Crippen LogP contribution in [0.4, 0.5) is 4.79 Å². The second kappa shape index (κ2) is 8.43. The second-order valence-electron chi connectivity index (χ2n) is 6.06. The van der Waals surface area contributed by atoms with Crippen molar-refractivity contribution in [2.24, 2.45) is 0 Å². The highest BCUT2D eigenvalue weighted by atomic mass is 16.5. The van der Waals surface area contributed by atoms with E-state index in [9.17, 15) is 4.79 Å². The highest BCUT2D eigenvalue weighted by Gasteiger charge is 2.21. The molecule has 0 spiro atoms. The number of nitrogens with zero attached hydrogens (tertiary/aromatic N) is 6. The number of pyridine rings is 1. The minimum atomic E-state index is -0.421. The second-order valence-corrected chi connectivity index (χ2v) is 6.06. The summed E-state index contributed by atoms with van der Waals surface area (Å²) in [7, 11) is 0. The molecule has 0 radical (unpaired) electrons. The lowest BCUT2D eigenvalue weighted by Gasteiger charge is -2.22. The van der Waals surface area contributed by atoms with Crippen LogP contribution in [0.5, 0.6) is 0 Å². The van der Waals surface area contributed by atoms with Crippen LogP contribution >= 0.6 is 0 Å². The molecule has 3 aromatic heterocycles. The van der Waals surface area contributed by atoms with E-state index in [1.54, 1.807) is 30.3 Å². The van der Waals surface area contributed by atoms with E-state index in [4.69, 9.17) is 4.52 Å². The largest absolute Gasteiger partial charge is 0.337 e. The molecule has 1 atom stereocenters. The van der Waals surface area contributed by atoms with Gasteiger partial charge in [0.25, 0.3) is 0 Å². The Morgan fingerprint density at radius 1 is 1.37 bits per heavy atom. The van der Waals surface area contributed by atoms with E-state index in [0.717, 1.165) is 12.1 Å². The maximum atomic E-state index is 12.6. The standard InChI is InChI=1S/C18H23N7O2/c1-4-24(11-14-10-20-25(5-2)12-14)18(26)21-13(3)17-22-16(23-27-17)15-8-6-7-9-19-15/h6-10,12-13H,4-5,11H2,1-3H3,(H,21,26). The van der Waals surface area contributed by atoms with E-state index in [2.05, 4.69) is 25.5 Å². The minimum Gasteiger partial charge on any atom is -0.337 e. The molecule has 0 aliphatic carbocycles. The summed E-state index contributed by atoms with van der Waals surface area (Å²) in [6.07, 6.45) is 5.38. The molecule has 27 heavy (non-hydrogen) atoms. The molecule has 3 heterocycles. The number of carbonyl (C=O) groups excluding carboxylic acids is 1. The van der Waals surface area contributed by atoms with Gasteiger partial charge in [-0.15, -0.1) is 0 Å². The fourth-order valence-electron chi connectivity index (χ4n) is 2.56. The van der Waals surface area contributed by atoms with Gasteiger partial charge in [-0.25, -0.2) is 4.79 Å². The molecule has 142 valence electrons. The summed E-state index contributed by atoms with van der Waals surface area (Å²) in [5, 5.41) is 11.1. The van der Waals surface area contributed by atoms with Crippen LogP contribution in [0.15, 0.2) is 41.3 Å². The lowest BCUT2D eigenvalue weighted by molar-refractivity contribution is 0.191. The Balaban J connectivity index is 1.63. The lowest BCUT2D eigenvalue weighted by Crippen LogP contribution is -2.40. The van der Waals surface area contributed by atoms with Gasteiger partial charge in [0, 0.05) is 31.0 Å². The molecule has 3 rings (SSSR count). The molecular weight excluding hydrogens is 346 g/mol. The van der Waals surface area contributed by atoms with Gasteiger partial charge in [0.2, 0.25) is 11.7 Å². The Morgan fingerprint density at radius 2 is 2.22 bits per heavy atom. The number of aromatic nitrogens is 5. The first-order chi connectivity index (χ1) is 13.1. The fourth-order valence-corrected chi connectivity index (χ4v) is 2.56. The molecule has 0 saturated heterocycles. The monoisotopic (exact) mass is 369 g/mol. The van der Waals surface area contributed by atoms with Crippen molar-refractivity contribution < 1.29 is 9.32 Å². The highest BCUT2D eigenvalue weighted by molar-refractivity contribution is 5.74. The summed E-state index contributed by atoms with van der Waals surface area (Å²) in [6.45, 7) is 7.60. The van der Waals surface area contributed by atoms with E-state index in [1.165, 1.54) is 0 Å². The molecule has 9 heteroatoms. The molecule has 0 aliphatic heterocycles. The highest BCUT2D eigenvalue weighted by Crippen LogP contribution is 2.16. The first-order valence-electron chi connectivity index (χ1n) is 8.92. The van der Waals surface area contributed by atoms with Crippen molar-refractivity contribution in [1.29, 1.82) is 0 Å². The predicted octanol–water partition coefficient (Wildman–Crippen LogP) is 2.64. The van der Waals surface area contributed by atoms with Crippen molar-refractivity contribution in [1.82, 2.24) is 35.1 Å². The van der Waals surface area contributed by atoms with Crippen LogP contribution < -0.4 is 5.32 Å². The summed E-state index contributed by atoms with van der Waals surface area (Å²) in [5.74, 6) is 0.727. The first kappa shape index (κ1) is 18.6. The number of urea groups is 1. The van der Waals surface area contributed by atoms with E-state index in [0.29, 0.717) is 30.5 Å². The lowest BCUT2D eigenvalue weighted by atomic mass is 10.3. The van der Waals surface area contributed by atoms with Crippen molar-refractivity contribution in [3.05, 3.63) is 48.2 Å². The average Bonchev–Trinajstić information content (AvgIpc) is 3.36. The Hall–Kier alpha value is -3.23. The van der Waals surface area contributed by atoms with E-state index < -0.39 is 6.04 Å². The van der Waals surface area contributed by atoms with Crippen molar-refractivity contribution in [3.8, 4) is 11.5 Å². The average molecular weight is 369 g/mol. The van der Waals surface area contributed by atoms with Crippen LogP contribution in [0.25, 0.3) is 11.5 Å². The third-order valence-corrected chi connectivity index (χ3v) is 4.10. The van der Waals surface area contributed by atoms with Gasteiger partial charge in [-0.3, -0.25) is 9.67 Å². The summed E-state index contributed by atoms with van der Waals surface area (Å²) >= 11 is 0. The van der Waals surface area contributed by atoms with Crippen LogP contribution in [0, 0.1) is 0 Å². The fraction of sp³-hybridized carbons (Fsp3) is 0.389. The predicted molar refractivity (Wildman–Crippen MR) is 98.5 cm³/mol. The number of nitrogens with one attached hydrogen (secondary N) is 1. The molecule has 0 bridgehead atoms. The van der Waals surface area contributed by atoms with Crippen molar-refractivity contribution in [3.63, 3.8) is 0 Å². The van der Waals surface area contributed by atoms with Gasteiger partial charge in [0.15, 0.2) is 0 Å². The first-order valence-corrected chi connectivity index (χ1v) is 8.92. The van der Waals surface area contributed by atoms with Crippen LogP contribution in [0.3, 0.4) is 0 Å². The van der Waals surface area contributed by atoms with Gasteiger partial charge >= 0.3 is 6.03 Å². The molecule has 0 saturated carbocycles. The topological polar surface area (TPSA) is 102 Å². The molecule has 9 nitrogen and oxygen atoms in total. The summed E-state index contributed by atoms with van der Waals surface area (Å²) in [6, 6.07) is 4.84. The Labute approximate surface area is 157 Å². The van der Waals surface area contributed by atoms with E-state index >= 15 is 0 Å². The molecule has 0 aromatic carbocycles. The third kappa shape index (κ3) is 4.49. The van der Waals surface area contributed by atoms with E-state index in [1.807, 2.05) is 36.9 Å². The summed E-state index contributed by atoms with van der Waals surface area (Å²) < 4.78 is 7.12. The summed E-state index contributed by atoms with van der Waals surface area (Å²) in [4.78, 5) is 22.8. The van der Waals surface area contributed by atoms with Gasteiger partial charge in [-0.05, 0) is 32.9 Å². The normalized spacial score (nSPS) is 12.0. The molecule has 0 fully saturated rings. The van der Waals surface area contributed by atoms with Gasteiger partial charge < -0.3 is 14.7 Å². The van der Waals surface area contributed by atoms with Crippen molar-refractivity contribution in [2.75, 3.05) is 6.54 Å². The van der Waals surface area contributed by atoms with Crippen LogP contribution in [0.1, 0.15) is 38.3 Å². The molecule has 1 N–H and O–H groups in total. The number of amides is 2. The Kier molecular flexibility index (Phi) is 5.80. The zero-order chi connectivity index (χ0) is 19.2. The molecule has 2 amide bonds. The quantitative estimate of drug-likeness (QED) is 0.687. The number of rotatable bonds is 7. The van der Waals surface area contributed by atoms with Gasteiger partial charge in [0.1, 0.15) is 11.7 Å². The number of aryl methyl sites for hydroxylation is 1. The van der Waals surface area contributed by atoms with Crippen LogP contribution in [-0.2, 0) is 13.1 Å². The van der Waals surface area contributed by atoms with Crippen LogP contribution in [-0.4, -0.2) is 42.4 Å². The molecule has 0 aliphatic rings. The maximum Gasteiger partial charge on any atom is 0.318 e.